The van der Waals surface area contributed by atoms with E-state index in [9.17, 15) is 0 Å². The smallest absolute Gasteiger partial charge is 0.261 e. The maximum Gasteiger partial charge on any atom is 0.261 e. The molecule has 1 fully saturated rings. The zero-order valence-electron chi connectivity index (χ0n) is 14.7. The van der Waals surface area contributed by atoms with Gasteiger partial charge in [0.25, 0.3) is 8.32 Å². The Bertz CT molecular complexity index is 636. The highest BCUT2D eigenvalue weighted by Gasteiger charge is 2.51. The van der Waals surface area contributed by atoms with Gasteiger partial charge in [-0.1, -0.05) is 87.5 Å². The van der Waals surface area contributed by atoms with Crippen molar-refractivity contribution in [2.24, 2.45) is 0 Å². The number of epoxide rings is 1. The first-order valence-corrected chi connectivity index (χ1v) is 10.4. The first-order valence-electron chi connectivity index (χ1n) is 8.52. The predicted molar refractivity (Wildman–Crippen MR) is 102 cm³/mol. The lowest BCUT2D eigenvalue weighted by atomic mass is 10.2. The van der Waals surface area contributed by atoms with Crippen LogP contribution in [0.15, 0.2) is 73.3 Å². The fourth-order valence-corrected chi connectivity index (χ4v) is 8.04. The van der Waals surface area contributed by atoms with Gasteiger partial charge < -0.3 is 9.16 Å². The Morgan fingerprint density at radius 2 is 1.50 bits per heavy atom. The van der Waals surface area contributed by atoms with Gasteiger partial charge in [0.15, 0.2) is 0 Å². The van der Waals surface area contributed by atoms with Crippen LogP contribution in [-0.2, 0) is 9.16 Å². The van der Waals surface area contributed by atoms with Crippen LogP contribution in [0.5, 0.6) is 0 Å². The zero-order valence-corrected chi connectivity index (χ0v) is 15.7. The number of hydrogen-bond donors (Lipinski definition) is 0. The molecule has 0 amide bonds. The summed E-state index contributed by atoms with van der Waals surface area (Å²) in [6.07, 6.45) is 2.15. The third kappa shape index (κ3) is 3.12. The average Bonchev–Trinajstić information content (AvgIpc) is 3.35. The second-order valence-electron chi connectivity index (χ2n) is 7.35. The van der Waals surface area contributed by atoms with E-state index in [-0.39, 0.29) is 17.2 Å². The van der Waals surface area contributed by atoms with Crippen molar-refractivity contribution < 1.29 is 9.16 Å². The molecule has 0 saturated carbocycles. The molecule has 0 radical (unpaired) electrons. The molecule has 3 heteroatoms. The van der Waals surface area contributed by atoms with Crippen molar-refractivity contribution in [2.45, 2.75) is 38.0 Å². The molecule has 0 bridgehead atoms. The molecule has 2 aromatic carbocycles. The molecular weight excluding hydrogens is 312 g/mol. The van der Waals surface area contributed by atoms with E-state index in [1.54, 1.807) is 0 Å². The van der Waals surface area contributed by atoms with Crippen LogP contribution in [0, 0.1) is 0 Å². The van der Waals surface area contributed by atoms with Crippen molar-refractivity contribution in [1.82, 2.24) is 0 Å². The van der Waals surface area contributed by atoms with Crippen LogP contribution in [0.25, 0.3) is 0 Å². The molecule has 0 spiro atoms. The summed E-state index contributed by atoms with van der Waals surface area (Å²) >= 11 is 0. The Balaban J connectivity index is 2.05. The molecule has 24 heavy (non-hydrogen) atoms. The van der Waals surface area contributed by atoms with Crippen LogP contribution >= 0.6 is 0 Å². The first kappa shape index (κ1) is 17.2. The Hall–Kier alpha value is -1.68. The quantitative estimate of drug-likeness (QED) is 0.457. The summed E-state index contributed by atoms with van der Waals surface area (Å²) in [4.78, 5) is 0. The van der Waals surface area contributed by atoms with E-state index in [2.05, 4.69) is 88.0 Å². The molecule has 3 rings (SSSR count). The first-order chi connectivity index (χ1) is 11.5. The van der Waals surface area contributed by atoms with E-state index >= 15 is 0 Å². The van der Waals surface area contributed by atoms with Crippen molar-refractivity contribution in [3.8, 4) is 0 Å². The van der Waals surface area contributed by atoms with Crippen LogP contribution < -0.4 is 10.4 Å². The second-order valence-corrected chi connectivity index (χ2v) is 11.7. The molecule has 0 aliphatic carbocycles. The molecule has 1 saturated heterocycles. The lowest BCUT2D eigenvalue weighted by Crippen LogP contribution is -2.66. The van der Waals surface area contributed by atoms with Gasteiger partial charge >= 0.3 is 0 Å². The molecule has 0 aromatic heterocycles. The summed E-state index contributed by atoms with van der Waals surface area (Å²) in [6, 6.07) is 21.4. The van der Waals surface area contributed by atoms with Crippen molar-refractivity contribution in [1.29, 1.82) is 0 Å². The van der Waals surface area contributed by atoms with E-state index < -0.39 is 8.32 Å². The van der Waals surface area contributed by atoms with Crippen LogP contribution in [-0.4, -0.2) is 27.1 Å². The maximum atomic E-state index is 6.79. The molecule has 1 heterocycles. The van der Waals surface area contributed by atoms with Crippen molar-refractivity contribution in [3.63, 3.8) is 0 Å². The van der Waals surface area contributed by atoms with Gasteiger partial charge in [0, 0.05) is 0 Å². The third-order valence-electron chi connectivity index (χ3n) is 4.73. The Kier molecular flexibility index (Phi) is 4.77. The summed E-state index contributed by atoms with van der Waals surface area (Å²) in [6.45, 7) is 11.3. The number of benzene rings is 2. The third-order valence-corrected chi connectivity index (χ3v) is 9.74. The molecule has 2 aromatic rings. The largest absolute Gasteiger partial charge is 0.405 e. The van der Waals surface area contributed by atoms with E-state index in [0.29, 0.717) is 6.61 Å². The maximum absolute atomic E-state index is 6.79. The van der Waals surface area contributed by atoms with E-state index in [1.807, 2.05) is 6.08 Å². The average molecular weight is 339 g/mol. The molecule has 2 atom stereocenters. The lowest BCUT2D eigenvalue weighted by Gasteiger charge is -2.43. The van der Waals surface area contributed by atoms with Gasteiger partial charge in [-0.3, -0.25) is 0 Å². The molecule has 1 aliphatic rings. The predicted octanol–water partition coefficient (Wildman–Crippen LogP) is 3.52. The lowest BCUT2D eigenvalue weighted by molar-refractivity contribution is 0.249. The van der Waals surface area contributed by atoms with Crippen LogP contribution in [0.2, 0.25) is 5.04 Å². The molecule has 126 valence electrons. The summed E-state index contributed by atoms with van der Waals surface area (Å²) in [7, 11) is -2.43. The minimum Gasteiger partial charge on any atom is -0.405 e. The number of rotatable bonds is 6. The fourth-order valence-electron chi connectivity index (χ4n) is 3.47. The molecular formula is C21H26O2Si. The van der Waals surface area contributed by atoms with E-state index in [1.165, 1.54) is 10.4 Å². The normalized spacial score (nSPS) is 20.6. The highest BCUT2D eigenvalue weighted by molar-refractivity contribution is 6.99. The van der Waals surface area contributed by atoms with Gasteiger partial charge in [0.05, 0.1) is 6.61 Å². The van der Waals surface area contributed by atoms with E-state index in [0.717, 1.165) is 0 Å². The molecule has 0 N–H and O–H groups in total. The minimum absolute atomic E-state index is 0.00821. The van der Waals surface area contributed by atoms with Gasteiger partial charge in [-0.2, -0.15) is 0 Å². The van der Waals surface area contributed by atoms with Gasteiger partial charge in [-0.15, -0.1) is 6.58 Å². The Labute approximate surface area is 146 Å². The monoisotopic (exact) mass is 338 g/mol. The second kappa shape index (κ2) is 6.67. The van der Waals surface area contributed by atoms with Crippen LogP contribution in [0.4, 0.5) is 0 Å². The van der Waals surface area contributed by atoms with Gasteiger partial charge in [0.1, 0.15) is 12.2 Å². The Morgan fingerprint density at radius 3 is 1.88 bits per heavy atom. The molecule has 0 unspecified atom stereocenters. The number of hydrogen-bond acceptors (Lipinski definition) is 2. The summed E-state index contributed by atoms with van der Waals surface area (Å²) in [5.74, 6) is 0. The summed E-state index contributed by atoms with van der Waals surface area (Å²) in [5.41, 5.74) is 0. The summed E-state index contributed by atoms with van der Waals surface area (Å²) < 4.78 is 12.4. The highest BCUT2D eigenvalue weighted by Crippen LogP contribution is 2.37. The molecule has 2 nitrogen and oxygen atoms in total. The summed E-state index contributed by atoms with van der Waals surface area (Å²) in [5, 5.41) is 2.62. The highest BCUT2D eigenvalue weighted by atomic mass is 28.4. The fraction of sp³-hybridized carbons (Fsp3) is 0.333. The minimum atomic E-state index is -2.43. The van der Waals surface area contributed by atoms with Crippen molar-refractivity contribution in [2.75, 3.05) is 6.61 Å². The van der Waals surface area contributed by atoms with Crippen LogP contribution in [0.3, 0.4) is 0 Å². The van der Waals surface area contributed by atoms with Gasteiger partial charge in [-0.05, 0) is 15.4 Å². The van der Waals surface area contributed by atoms with E-state index in [4.69, 9.17) is 9.16 Å². The van der Waals surface area contributed by atoms with Crippen molar-refractivity contribution in [3.05, 3.63) is 73.3 Å². The Morgan fingerprint density at radius 1 is 1.00 bits per heavy atom. The van der Waals surface area contributed by atoms with Crippen LogP contribution in [0.1, 0.15) is 20.8 Å². The standard InChI is InChI=1S/C21H26O2Si/c1-5-19-20(23-19)16-22-24(21(2,3)4,17-12-8-6-9-13-17)18-14-10-7-11-15-18/h5-15,19-20H,1,16H2,2-4H3/t19-,20-/m0/s1. The topological polar surface area (TPSA) is 21.8 Å². The van der Waals surface area contributed by atoms with Crippen molar-refractivity contribution >= 4 is 18.7 Å². The SMILES string of the molecule is C=C[C@@H]1O[C@H]1CO[Si](c1ccccc1)(c1ccccc1)C(C)(C)C. The molecule has 1 aliphatic heterocycles. The number of ether oxygens (including phenoxy) is 1. The van der Waals surface area contributed by atoms with Gasteiger partial charge in [0.2, 0.25) is 0 Å². The zero-order chi connectivity index (χ0) is 17.2. The van der Waals surface area contributed by atoms with Gasteiger partial charge in [-0.25, -0.2) is 0 Å².